The van der Waals surface area contributed by atoms with Crippen LogP contribution in [0.4, 0.5) is 0 Å². The fourth-order valence-electron chi connectivity index (χ4n) is 2.53. The van der Waals surface area contributed by atoms with Crippen molar-refractivity contribution in [3.63, 3.8) is 0 Å². The van der Waals surface area contributed by atoms with Crippen LogP contribution in [0.15, 0.2) is 28.0 Å². The normalized spacial score (nSPS) is 14.3. The Kier molecular flexibility index (Phi) is 2.71. The highest BCUT2D eigenvalue weighted by molar-refractivity contribution is 5.86. The van der Waals surface area contributed by atoms with Gasteiger partial charge in [-0.25, -0.2) is 19.1 Å². The maximum atomic E-state index is 12.0. The van der Waals surface area contributed by atoms with Crippen molar-refractivity contribution >= 4 is 11.6 Å². The Morgan fingerprint density at radius 2 is 2.13 bits per heavy atom. The molecule has 9 nitrogen and oxygen atoms in total. The Labute approximate surface area is 127 Å². The molecule has 9 heteroatoms. The molecule has 0 aromatic carbocycles. The summed E-state index contributed by atoms with van der Waals surface area (Å²) < 4.78 is 1.37. The number of fused-ring (bicyclic) bond motifs is 1. The lowest BCUT2D eigenvalue weighted by Crippen LogP contribution is -2.23. The van der Waals surface area contributed by atoms with Gasteiger partial charge in [0.05, 0.1) is 17.5 Å². The van der Waals surface area contributed by atoms with E-state index in [1.807, 2.05) is 0 Å². The van der Waals surface area contributed by atoms with Crippen molar-refractivity contribution in [2.45, 2.75) is 18.8 Å². The lowest BCUT2D eigenvalue weighted by molar-refractivity contribution is 0.0691. The standard InChI is InChI=1S/C14H11N5O4/c20-12-8(4-15-14(23)17-12)9-3-7(6-1-2-6)11-16-10(13(21)22)5-19(11)18-9/h3-6H,1-2H2,(H,21,22)(H2,15,17,20,23). The van der Waals surface area contributed by atoms with E-state index in [0.717, 1.165) is 18.4 Å². The monoisotopic (exact) mass is 313 g/mol. The third-order valence-corrected chi connectivity index (χ3v) is 3.79. The van der Waals surface area contributed by atoms with E-state index in [1.54, 1.807) is 6.07 Å². The molecule has 1 fully saturated rings. The second kappa shape index (κ2) is 4.63. The number of carboxylic acids is 1. The molecule has 0 radical (unpaired) electrons. The lowest BCUT2D eigenvalue weighted by Gasteiger charge is -2.05. The van der Waals surface area contributed by atoms with Crippen LogP contribution in [0.5, 0.6) is 0 Å². The number of carbonyl (C=O) groups is 1. The average molecular weight is 313 g/mol. The SMILES string of the molecule is O=C(O)c1cn2nc(-c3c[nH]c(=O)[nH]c3=O)cc(C3CC3)c2n1. The third kappa shape index (κ3) is 2.22. The summed E-state index contributed by atoms with van der Waals surface area (Å²) in [5.41, 5.74) is 0.638. The van der Waals surface area contributed by atoms with Crippen LogP contribution < -0.4 is 11.2 Å². The van der Waals surface area contributed by atoms with E-state index in [2.05, 4.69) is 20.1 Å². The van der Waals surface area contributed by atoms with E-state index in [-0.39, 0.29) is 17.2 Å². The molecule has 4 rings (SSSR count). The number of rotatable bonds is 3. The maximum absolute atomic E-state index is 12.0. The number of hydrogen-bond acceptors (Lipinski definition) is 5. The van der Waals surface area contributed by atoms with Crippen LogP contribution >= 0.6 is 0 Å². The highest BCUT2D eigenvalue weighted by atomic mass is 16.4. The summed E-state index contributed by atoms with van der Waals surface area (Å²) in [7, 11) is 0. The van der Waals surface area contributed by atoms with Crippen molar-refractivity contribution in [3.05, 3.63) is 50.6 Å². The van der Waals surface area contributed by atoms with E-state index in [9.17, 15) is 14.4 Å². The third-order valence-electron chi connectivity index (χ3n) is 3.79. The number of aromatic carboxylic acids is 1. The van der Waals surface area contributed by atoms with Crippen molar-refractivity contribution < 1.29 is 9.90 Å². The summed E-state index contributed by atoms with van der Waals surface area (Å²) >= 11 is 0. The molecule has 0 unspecified atom stereocenters. The van der Waals surface area contributed by atoms with Gasteiger partial charge < -0.3 is 10.1 Å². The molecule has 3 aromatic rings. The minimum atomic E-state index is -1.14. The fraction of sp³-hybridized carbons (Fsp3) is 0.214. The van der Waals surface area contributed by atoms with E-state index in [0.29, 0.717) is 11.3 Å². The highest BCUT2D eigenvalue weighted by Crippen LogP contribution is 2.42. The summed E-state index contributed by atoms with van der Waals surface area (Å²) in [4.78, 5) is 42.9. The maximum Gasteiger partial charge on any atom is 0.356 e. The van der Waals surface area contributed by atoms with Crippen LogP contribution in [0.1, 0.15) is 34.8 Å². The topological polar surface area (TPSA) is 133 Å². The average Bonchev–Trinajstić information content (AvgIpc) is 3.24. The van der Waals surface area contributed by atoms with Crippen LogP contribution in [0.2, 0.25) is 0 Å². The van der Waals surface area contributed by atoms with Crippen LogP contribution in [0.25, 0.3) is 16.9 Å². The van der Waals surface area contributed by atoms with Crippen molar-refractivity contribution in [1.82, 2.24) is 24.6 Å². The van der Waals surface area contributed by atoms with Crippen molar-refractivity contribution in [3.8, 4) is 11.3 Å². The molecule has 1 saturated carbocycles. The second-order valence-electron chi connectivity index (χ2n) is 5.44. The molecular weight excluding hydrogens is 302 g/mol. The predicted octanol–water partition coefficient (Wildman–Crippen LogP) is 0.348. The van der Waals surface area contributed by atoms with Crippen LogP contribution in [-0.2, 0) is 0 Å². The van der Waals surface area contributed by atoms with Gasteiger partial charge in [0.15, 0.2) is 11.3 Å². The van der Waals surface area contributed by atoms with Gasteiger partial charge in [-0.15, -0.1) is 0 Å². The van der Waals surface area contributed by atoms with E-state index in [4.69, 9.17) is 5.11 Å². The van der Waals surface area contributed by atoms with Gasteiger partial charge in [-0.05, 0) is 24.8 Å². The molecule has 1 aliphatic carbocycles. The molecule has 23 heavy (non-hydrogen) atoms. The van der Waals surface area contributed by atoms with Crippen molar-refractivity contribution in [1.29, 1.82) is 0 Å². The summed E-state index contributed by atoms with van der Waals surface area (Å²) in [6.45, 7) is 0. The van der Waals surface area contributed by atoms with Gasteiger partial charge >= 0.3 is 11.7 Å². The molecule has 0 atom stereocenters. The van der Waals surface area contributed by atoms with Gasteiger partial charge in [0.2, 0.25) is 0 Å². The Hall–Kier alpha value is -3.23. The van der Waals surface area contributed by atoms with E-state index < -0.39 is 17.2 Å². The number of aromatic nitrogens is 5. The number of aromatic amines is 2. The molecule has 3 aromatic heterocycles. The quantitative estimate of drug-likeness (QED) is 0.639. The zero-order valence-electron chi connectivity index (χ0n) is 11.7. The fourth-order valence-corrected chi connectivity index (χ4v) is 2.53. The smallest absolute Gasteiger partial charge is 0.356 e. The van der Waals surface area contributed by atoms with E-state index >= 15 is 0 Å². The van der Waals surface area contributed by atoms with Crippen LogP contribution in [0, 0.1) is 0 Å². The van der Waals surface area contributed by atoms with Gasteiger partial charge in [-0.1, -0.05) is 0 Å². The van der Waals surface area contributed by atoms with Gasteiger partial charge in [0.1, 0.15) is 0 Å². The Morgan fingerprint density at radius 1 is 1.35 bits per heavy atom. The Bertz CT molecular complexity index is 1060. The zero-order valence-corrected chi connectivity index (χ0v) is 11.7. The van der Waals surface area contributed by atoms with Gasteiger partial charge in [-0.3, -0.25) is 9.78 Å². The number of imidazole rings is 1. The molecule has 3 heterocycles. The Balaban J connectivity index is 1.99. The molecule has 0 bridgehead atoms. The summed E-state index contributed by atoms with van der Waals surface area (Å²) in [6, 6.07) is 1.73. The van der Waals surface area contributed by atoms with Gasteiger partial charge in [0.25, 0.3) is 5.56 Å². The number of carboxylic acid groups (broad SMARTS) is 1. The van der Waals surface area contributed by atoms with Crippen LogP contribution in [0.3, 0.4) is 0 Å². The lowest BCUT2D eigenvalue weighted by atomic mass is 10.1. The van der Waals surface area contributed by atoms with Gasteiger partial charge in [0, 0.05) is 11.8 Å². The van der Waals surface area contributed by atoms with Gasteiger partial charge in [-0.2, -0.15) is 5.10 Å². The second-order valence-corrected chi connectivity index (χ2v) is 5.44. The molecule has 1 aliphatic rings. The number of nitrogens with zero attached hydrogens (tertiary/aromatic N) is 3. The highest BCUT2D eigenvalue weighted by Gasteiger charge is 2.28. The Morgan fingerprint density at radius 3 is 2.78 bits per heavy atom. The zero-order chi connectivity index (χ0) is 16.1. The molecule has 0 spiro atoms. The minimum Gasteiger partial charge on any atom is -0.476 e. The molecule has 0 amide bonds. The molecular formula is C14H11N5O4. The first-order valence-electron chi connectivity index (χ1n) is 6.99. The minimum absolute atomic E-state index is 0.105. The first-order valence-corrected chi connectivity index (χ1v) is 6.99. The largest absolute Gasteiger partial charge is 0.476 e. The molecule has 0 saturated heterocycles. The van der Waals surface area contributed by atoms with E-state index in [1.165, 1.54) is 16.9 Å². The summed E-state index contributed by atoms with van der Waals surface area (Å²) in [5.74, 6) is -0.856. The molecule has 116 valence electrons. The molecule has 0 aliphatic heterocycles. The summed E-state index contributed by atoms with van der Waals surface area (Å²) in [5, 5.41) is 13.4. The first-order chi connectivity index (χ1) is 11.0. The molecule has 3 N–H and O–H groups in total. The number of hydrogen-bond donors (Lipinski definition) is 3. The number of H-pyrrole nitrogens is 2. The van der Waals surface area contributed by atoms with Crippen LogP contribution in [-0.4, -0.2) is 35.6 Å². The van der Waals surface area contributed by atoms with Crippen molar-refractivity contribution in [2.24, 2.45) is 0 Å². The van der Waals surface area contributed by atoms with Crippen molar-refractivity contribution in [2.75, 3.05) is 0 Å². The summed E-state index contributed by atoms with van der Waals surface area (Å²) in [6.07, 6.45) is 4.57. The number of nitrogens with one attached hydrogen (secondary N) is 2. The first kappa shape index (κ1) is 13.4. The predicted molar refractivity (Wildman–Crippen MR) is 78.6 cm³/mol.